The number of benzene rings is 2. The van der Waals surface area contributed by atoms with Gasteiger partial charge in [0.2, 0.25) is 5.78 Å². The number of furan rings is 1. The molecule has 41 heavy (non-hydrogen) atoms. The molecule has 0 fully saturated rings. The number of nitrogens with zero attached hydrogens (tertiary/aromatic N) is 2. The Balaban J connectivity index is 1.65. The molecule has 0 saturated heterocycles. The number of anilines is 1. The molecule has 5 rings (SSSR count). The first-order valence-electron chi connectivity index (χ1n) is 12.2. The molecule has 2 aromatic heterocycles. The van der Waals surface area contributed by atoms with Crippen molar-refractivity contribution in [3.05, 3.63) is 88.3 Å². The van der Waals surface area contributed by atoms with E-state index in [0.717, 1.165) is 16.2 Å². The first-order chi connectivity index (χ1) is 19.7. The number of hydrogen-bond donors (Lipinski definition) is 2. The number of amides is 1. The molecule has 0 radical (unpaired) electrons. The van der Waals surface area contributed by atoms with Crippen LogP contribution in [-0.4, -0.2) is 53.7 Å². The van der Waals surface area contributed by atoms with Crippen molar-refractivity contribution >= 4 is 45.1 Å². The van der Waals surface area contributed by atoms with Gasteiger partial charge >= 0.3 is 5.97 Å². The SMILES string of the molecule is C=CCOC(=O)c1sc(N2C(=O)C(O)=C(C(=O)c3cc4cccc(OC)c4o3)C2c2ccc(O)c(OC)c2)nc1C. The summed E-state index contributed by atoms with van der Waals surface area (Å²) in [6.07, 6.45) is 1.42. The van der Waals surface area contributed by atoms with Crippen molar-refractivity contribution in [1.82, 2.24) is 4.98 Å². The van der Waals surface area contributed by atoms with E-state index in [1.807, 2.05) is 0 Å². The lowest BCUT2D eigenvalue weighted by molar-refractivity contribution is -0.117. The van der Waals surface area contributed by atoms with Gasteiger partial charge in [0, 0.05) is 5.39 Å². The summed E-state index contributed by atoms with van der Waals surface area (Å²) in [6.45, 7) is 5.08. The average Bonchev–Trinajstić information content (AvgIpc) is 3.65. The van der Waals surface area contributed by atoms with E-state index in [1.165, 1.54) is 44.6 Å². The Bertz CT molecular complexity index is 1750. The normalized spacial score (nSPS) is 15.0. The molecular formula is C29H24N2O9S. The van der Waals surface area contributed by atoms with Gasteiger partial charge in [-0.15, -0.1) is 0 Å². The Labute approximate surface area is 237 Å². The molecule has 11 nitrogen and oxygen atoms in total. The topological polar surface area (TPSA) is 149 Å². The van der Waals surface area contributed by atoms with Crippen LogP contribution < -0.4 is 14.4 Å². The molecule has 0 bridgehead atoms. The van der Waals surface area contributed by atoms with Crippen molar-refractivity contribution in [2.45, 2.75) is 13.0 Å². The number of carbonyl (C=O) groups is 3. The molecule has 2 N–H and O–H groups in total. The lowest BCUT2D eigenvalue weighted by Crippen LogP contribution is -2.31. The highest BCUT2D eigenvalue weighted by Crippen LogP contribution is 2.45. The van der Waals surface area contributed by atoms with Crippen molar-refractivity contribution in [3.8, 4) is 17.2 Å². The largest absolute Gasteiger partial charge is 0.504 e. The second-order valence-corrected chi connectivity index (χ2v) is 9.87. The molecule has 210 valence electrons. The third-order valence-electron chi connectivity index (χ3n) is 6.43. The number of phenolic OH excluding ortho intramolecular Hbond substituents is 1. The highest BCUT2D eigenvalue weighted by atomic mass is 32.1. The molecule has 1 aliphatic heterocycles. The molecule has 1 amide bonds. The number of carbonyl (C=O) groups excluding carboxylic acids is 3. The zero-order chi connectivity index (χ0) is 29.4. The number of thiazole rings is 1. The minimum atomic E-state index is -1.22. The minimum Gasteiger partial charge on any atom is -0.504 e. The van der Waals surface area contributed by atoms with Crippen LogP contribution in [0.15, 0.2) is 70.9 Å². The fourth-order valence-corrected chi connectivity index (χ4v) is 5.52. The summed E-state index contributed by atoms with van der Waals surface area (Å²) in [5, 5.41) is 21.9. The van der Waals surface area contributed by atoms with E-state index < -0.39 is 29.5 Å². The quantitative estimate of drug-likeness (QED) is 0.158. The summed E-state index contributed by atoms with van der Waals surface area (Å²) in [7, 11) is 2.81. The first kappa shape index (κ1) is 27.5. The van der Waals surface area contributed by atoms with Gasteiger partial charge in [0.05, 0.1) is 31.5 Å². The first-order valence-corrected chi connectivity index (χ1v) is 13.0. The summed E-state index contributed by atoms with van der Waals surface area (Å²) < 4.78 is 21.5. The van der Waals surface area contributed by atoms with Crippen LogP contribution in [0.2, 0.25) is 0 Å². The van der Waals surface area contributed by atoms with E-state index in [0.29, 0.717) is 22.3 Å². The van der Waals surface area contributed by atoms with E-state index in [2.05, 4.69) is 11.6 Å². The monoisotopic (exact) mass is 576 g/mol. The number of hydrogen-bond acceptors (Lipinski definition) is 11. The Morgan fingerprint density at radius 2 is 1.90 bits per heavy atom. The minimum absolute atomic E-state index is 0.0205. The number of ketones is 1. The van der Waals surface area contributed by atoms with Crippen LogP contribution in [-0.2, 0) is 9.53 Å². The summed E-state index contributed by atoms with van der Waals surface area (Å²) >= 11 is 0.866. The molecule has 3 heterocycles. The number of fused-ring (bicyclic) bond motifs is 1. The number of aliphatic hydroxyl groups is 1. The Hall–Kier alpha value is -5.10. The lowest BCUT2D eigenvalue weighted by atomic mass is 9.95. The van der Waals surface area contributed by atoms with Gasteiger partial charge in [-0.3, -0.25) is 14.5 Å². The number of methoxy groups -OCH3 is 2. The predicted octanol–water partition coefficient (Wildman–Crippen LogP) is 5.05. The number of aliphatic hydroxyl groups excluding tert-OH is 1. The Morgan fingerprint density at radius 1 is 1.15 bits per heavy atom. The Morgan fingerprint density at radius 3 is 2.61 bits per heavy atom. The van der Waals surface area contributed by atoms with E-state index in [1.54, 1.807) is 25.1 Å². The number of aryl methyl sites for hydroxylation is 1. The molecular weight excluding hydrogens is 552 g/mol. The van der Waals surface area contributed by atoms with E-state index >= 15 is 0 Å². The van der Waals surface area contributed by atoms with Gasteiger partial charge in [-0.25, -0.2) is 9.78 Å². The molecule has 12 heteroatoms. The third-order valence-corrected chi connectivity index (χ3v) is 7.57. The van der Waals surface area contributed by atoms with Crippen LogP contribution in [0.4, 0.5) is 5.13 Å². The zero-order valence-electron chi connectivity index (χ0n) is 22.2. The molecule has 1 aliphatic rings. The van der Waals surface area contributed by atoms with E-state index in [9.17, 15) is 24.6 Å². The standard InChI is InChI=1S/C29H24N2O9S/c1-5-11-39-28(36)26-14(2)30-29(41-26)31-22(15-9-10-17(32)19(12-15)38-4)21(24(34)27(31)35)23(33)20-13-16-7-6-8-18(37-3)25(16)40-20/h5-10,12-13,22,32,34H,1,11H2,2-4H3. The highest BCUT2D eigenvalue weighted by Gasteiger charge is 2.47. The third kappa shape index (κ3) is 4.67. The highest BCUT2D eigenvalue weighted by molar-refractivity contribution is 7.17. The summed E-state index contributed by atoms with van der Waals surface area (Å²) in [6, 6.07) is 9.66. The molecule has 0 saturated carbocycles. The number of esters is 1. The van der Waals surface area contributed by atoms with Crippen molar-refractivity contribution in [1.29, 1.82) is 0 Å². The summed E-state index contributed by atoms with van der Waals surface area (Å²) in [4.78, 5) is 45.7. The number of rotatable bonds is 9. The molecule has 2 aromatic carbocycles. The maximum Gasteiger partial charge on any atom is 0.350 e. The Kier molecular flexibility index (Phi) is 7.24. The maximum absolute atomic E-state index is 13.9. The van der Waals surface area contributed by atoms with Gasteiger partial charge < -0.3 is 28.8 Å². The number of phenols is 1. The van der Waals surface area contributed by atoms with Crippen molar-refractivity contribution in [2.24, 2.45) is 0 Å². The lowest BCUT2D eigenvalue weighted by Gasteiger charge is -2.24. The van der Waals surface area contributed by atoms with Crippen LogP contribution in [0.25, 0.3) is 11.0 Å². The van der Waals surface area contributed by atoms with E-state index in [4.69, 9.17) is 18.6 Å². The second-order valence-electron chi connectivity index (χ2n) is 8.89. The van der Waals surface area contributed by atoms with Gasteiger partial charge in [0.15, 0.2) is 39.5 Å². The van der Waals surface area contributed by atoms with Gasteiger partial charge in [-0.05, 0) is 36.8 Å². The zero-order valence-corrected chi connectivity index (χ0v) is 23.0. The fourth-order valence-electron chi connectivity index (χ4n) is 4.53. The molecule has 1 unspecified atom stereocenters. The number of ether oxygens (including phenoxy) is 3. The second kappa shape index (κ2) is 10.8. The van der Waals surface area contributed by atoms with Crippen LogP contribution >= 0.6 is 11.3 Å². The summed E-state index contributed by atoms with van der Waals surface area (Å²) in [5.74, 6) is -2.99. The number of aromatic hydroxyl groups is 1. The van der Waals surface area contributed by atoms with Crippen molar-refractivity contribution in [3.63, 3.8) is 0 Å². The van der Waals surface area contributed by atoms with Crippen LogP contribution in [0, 0.1) is 6.92 Å². The molecule has 0 spiro atoms. The number of para-hydroxylation sites is 1. The van der Waals surface area contributed by atoms with Gasteiger partial charge in [0.1, 0.15) is 11.5 Å². The fraction of sp³-hybridized carbons (Fsp3) is 0.172. The van der Waals surface area contributed by atoms with Crippen LogP contribution in [0.1, 0.15) is 37.5 Å². The molecule has 1 atom stereocenters. The average molecular weight is 577 g/mol. The molecule has 0 aliphatic carbocycles. The van der Waals surface area contributed by atoms with E-state index in [-0.39, 0.29) is 45.1 Å². The summed E-state index contributed by atoms with van der Waals surface area (Å²) in [5.41, 5.74) is 0.639. The van der Waals surface area contributed by atoms with Gasteiger partial charge in [0.25, 0.3) is 5.91 Å². The number of aromatic nitrogens is 1. The number of Topliss-reactive ketones (excluding diaryl/α,β-unsaturated/α-hetero) is 1. The van der Waals surface area contributed by atoms with Crippen LogP contribution in [0.3, 0.4) is 0 Å². The predicted molar refractivity (Wildman–Crippen MR) is 149 cm³/mol. The molecule has 4 aromatic rings. The van der Waals surface area contributed by atoms with Crippen molar-refractivity contribution < 1.29 is 43.2 Å². The smallest absolute Gasteiger partial charge is 0.350 e. The van der Waals surface area contributed by atoms with Crippen molar-refractivity contribution in [2.75, 3.05) is 25.7 Å². The van der Waals surface area contributed by atoms with Gasteiger partial charge in [-0.1, -0.05) is 42.2 Å². The van der Waals surface area contributed by atoms with Crippen LogP contribution in [0.5, 0.6) is 17.2 Å². The maximum atomic E-state index is 13.9. The van der Waals surface area contributed by atoms with Gasteiger partial charge in [-0.2, -0.15) is 0 Å².